The van der Waals surface area contributed by atoms with Gasteiger partial charge in [0, 0.05) is 11.6 Å². The van der Waals surface area contributed by atoms with E-state index < -0.39 is 24.4 Å². The van der Waals surface area contributed by atoms with Crippen molar-refractivity contribution in [1.29, 1.82) is 0 Å². The van der Waals surface area contributed by atoms with Crippen LogP contribution in [0.1, 0.15) is 45.4 Å². The maximum Gasteiger partial charge on any atom is 0.437 e. The van der Waals surface area contributed by atoms with E-state index in [9.17, 15) is 14.4 Å². The number of nitrogens with zero attached hydrogens (tertiary/aromatic N) is 2. The number of carbonyl (C=O) groups is 2. The lowest BCUT2D eigenvalue weighted by Crippen LogP contribution is -2.42. The van der Waals surface area contributed by atoms with Crippen LogP contribution < -0.4 is 11.1 Å². The van der Waals surface area contributed by atoms with Crippen LogP contribution in [0.15, 0.2) is 39.5 Å². The molecule has 2 aromatic rings. The molecule has 0 spiro atoms. The monoisotopic (exact) mass is 387 g/mol. The molecule has 8 nitrogen and oxygen atoms in total. The number of hydrogen-bond acceptors (Lipinski definition) is 6. The molecule has 28 heavy (non-hydrogen) atoms. The van der Waals surface area contributed by atoms with Gasteiger partial charge in [-0.3, -0.25) is 9.59 Å². The van der Waals surface area contributed by atoms with E-state index in [1.165, 1.54) is 19.8 Å². The summed E-state index contributed by atoms with van der Waals surface area (Å²) in [5.41, 5.74) is 0.628. The Morgan fingerprint density at radius 1 is 1.21 bits per heavy atom. The smallest absolute Gasteiger partial charge is 0.437 e. The number of carbonyl (C=O) groups excluding carboxylic acids is 2. The van der Waals surface area contributed by atoms with Crippen molar-refractivity contribution in [2.45, 2.75) is 64.1 Å². The second-order valence-electron chi connectivity index (χ2n) is 7.03. The molecule has 1 saturated carbocycles. The first-order valence-electron chi connectivity index (χ1n) is 9.66. The molecule has 150 valence electrons. The maximum absolute atomic E-state index is 12.3. The molecule has 1 amide bonds. The van der Waals surface area contributed by atoms with E-state index in [2.05, 4.69) is 10.4 Å². The first-order chi connectivity index (χ1) is 13.5. The second kappa shape index (κ2) is 9.34. The molecule has 0 aliphatic heterocycles. The maximum atomic E-state index is 12.3. The third-order valence-electron chi connectivity index (χ3n) is 4.78. The van der Waals surface area contributed by atoms with Gasteiger partial charge in [-0.05, 0) is 31.9 Å². The van der Waals surface area contributed by atoms with Gasteiger partial charge in [0.05, 0.1) is 0 Å². The second-order valence-corrected chi connectivity index (χ2v) is 7.03. The highest BCUT2D eigenvalue weighted by Crippen LogP contribution is 2.17. The standard InChI is InChI=1S/C20H25N3O5/c1-14(18(25)21-16-11-7-2-3-8-12-16)27-17(24)13-23-20(26)28-19(22-23)15-9-5-4-6-10-15/h4-6,9-10,14,16H,2-3,7-8,11-13H2,1H3,(H,21,25)/t14-/m0/s1. The molecule has 1 aliphatic carbocycles. The van der Waals surface area contributed by atoms with Crippen LogP contribution in [-0.2, 0) is 20.9 Å². The fraction of sp³-hybridized carbons (Fsp3) is 0.500. The summed E-state index contributed by atoms with van der Waals surface area (Å²) in [5.74, 6) is -1.68. The Morgan fingerprint density at radius 3 is 2.57 bits per heavy atom. The molecule has 1 heterocycles. The molecular formula is C20H25N3O5. The molecule has 0 radical (unpaired) electrons. The van der Waals surface area contributed by atoms with Gasteiger partial charge in [0.25, 0.3) is 5.91 Å². The quantitative estimate of drug-likeness (QED) is 0.602. The zero-order chi connectivity index (χ0) is 19.9. The van der Waals surface area contributed by atoms with Crippen LogP contribution in [0.5, 0.6) is 0 Å². The van der Waals surface area contributed by atoms with Crippen molar-refractivity contribution in [3.8, 4) is 11.5 Å². The molecule has 1 fully saturated rings. The fourth-order valence-electron chi connectivity index (χ4n) is 3.26. The minimum atomic E-state index is -0.938. The Morgan fingerprint density at radius 2 is 1.89 bits per heavy atom. The summed E-state index contributed by atoms with van der Waals surface area (Å²) in [6.07, 6.45) is 5.52. The van der Waals surface area contributed by atoms with Gasteiger partial charge in [-0.2, -0.15) is 4.68 Å². The Kier molecular flexibility index (Phi) is 6.62. The van der Waals surface area contributed by atoms with Gasteiger partial charge in [-0.15, -0.1) is 5.10 Å². The van der Waals surface area contributed by atoms with Crippen LogP contribution >= 0.6 is 0 Å². The Hall–Kier alpha value is -2.90. The van der Waals surface area contributed by atoms with E-state index >= 15 is 0 Å². The van der Waals surface area contributed by atoms with Gasteiger partial charge < -0.3 is 14.5 Å². The largest absolute Gasteiger partial charge is 0.451 e. The highest BCUT2D eigenvalue weighted by atomic mass is 16.5. The number of hydrogen-bond donors (Lipinski definition) is 1. The van der Waals surface area contributed by atoms with Crippen molar-refractivity contribution < 1.29 is 18.7 Å². The molecule has 0 bridgehead atoms. The van der Waals surface area contributed by atoms with E-state index in [-0.39, 0.29) is 17.8 Å². The minimum Gasteiger partial charge on any atom is -0.451 e. The minimum absolute atomic E-state index is 0.123. The molecule has 1 aromatic heterocycles. The third kappa shape index (κ3) is 5.31. The lowest BCUT2D eigenvalue weighted by molar-refractivity contribution is -0.155. The normalized spacial score (nSPS) is 16.2. The highest BCUT2D eigenvalue weighted by molar-refractivity contribution is 5.83. The van der Waals surface area contributed by atoms with Gasteiger partial charge in [0.1, 0.15) is 6.54 Å². The van der Waals surface area contributed by atoms with Gasteiger partial charge in [0.2, 0.25) is 5.89 Å². The molecule has 0 unspecified atom stereocenters. The van der Waals surface area contributed by atoms with Crippen molar-refractivity contribution >= 4 is 11.9 Å². The number of ether oxygens (including phenoxy) is 1. The first-order valence-corrected chi connectivity index (χ1v) is 9.66. The summed E-state index contributed by atoms with van der Waals surface area (Å²) in [6.45, 7) is 1.10. The van der Waals surface area contributed by atoms with Crippen LogP contribution in [-0.4, -0.2) is 33.8 Å². The average molecular weight is 387 g/mol. The molecule has 1 aromatic carbocycles. The Bertz CT molecular complexity index is 850. The molecule has 8 heteroatoms. The Balaban J connectivity index is 1.54. The molecule has 0 saturated heterocycles. The van der Waals surface area contributed by atoms with Crippen LogP contribution in [0.3, 0.4) is 0 Å². The fourth-order valence-corrected chi connectivity index (χ4v) is 3.26. The number of rotatable bonds is 6. The van der Waals surface area contributed by atoms with Crippen LogP contribution in [0.25, 0.3) is 11.5 Å². The third-order valence-corrected chi connectivity index (χ3v) is 4.78. The predicted octanol–water partition coefficient (Wildman–Crippen LogP) is 2.27. The van der Waals surface area contributed by atoms with Crippen LogP contribution in [0, 0.1) is 0 Å². The molecule has 3 rings (SSSR count). The molecular weight excluding hydrogens is 362 g/mol. The van der Waals surface area contributed by atoms with E-state index in [4.69, 9.17) is 9.15 Å². The first kappa shape index (κ1) is 19.9. The number of benzene rings is 1. The summed E-state index contributed by atoms with van der Waals surface area (Å²) >= 11 is 0. The van der Waals surface area contributed by atoms with Gasteiger partial charge in [-0.25, -0.2) is 4.79 Å². The zero-order valence-electron chi connectivity index (χ0n) is 15.9. The summed E-state index contributed by atoms with van der Waals surface area (Å²) < 4.78 is 11.1. The number of esters is 1. The molecule has 1 N–H and O–H groups in total. The number of aromatic nitrogens is 2. The summed E-state index contributed by atoms with van der Waals surface area (Å²) in [5, 5.41) is 6.96. The average Bonchev–Trinajstić information content (AvgIpc) is 2.88. The summed E-state index contributed by atoms with van der Waals surface area (Å²) in [4.78, 5) is 36.3. The van der Waals surface area contributed by atoms with E-state index in [1.807, 2.05) is 6.07 Å². The van der Waals surface area contributed by atoms with E-state index in [0.29, 0.717) is 5.56 Å². The van der Waals surface area contributed by atoms with Crippen LogP contribution in [0.4, 0.5) is 0 Å². The van der Waals surface area contributed by atoms with E-state index in [0.717, 1.165) is 30.4 Å². The summed E-state index contributed by atoms with van der Waals surface area (Å²) in [7, 11) is 0. The lowest BCUT2D eigenvalue weighted by atomic mass is 10.1. The van der Waals surface area contributed by atoms with Crippen LogP contribution in [0.2, 0.25) is 0 Å². The van der Waals surface area contributed by atoms with Crippen molar-refractivity contribution in [1.82, 2.24) is 15.1 Å². The summed E-state index contributed by atoms with van der Waals surface area (Å²) in [6, 6.07) is 9.02. The van der Waals surface area contributed by atoms with Crippen molar-refractivity contribution in [2.75, 3.05) is 0 Å². The van der Waals surface area contributed by atoms with Crippen molar-refractivity contribution in [2.24, 2.45) is 0 Å². The zero-order valence-corrected chi connectivity index (χ0v) is 15.9. The Labute approximate surface area is 162 Å². The van der Waals surface area contributed by atoms with Gasteiger partial charge in [-0.1, -0.05) is 43.9 Å². The predicted molar refractivity (Wildman–Crippen MR) is 101 cm³/mol. The van der Waals surface area contributed by atoms with E-state index in [1.54, 1.807) is 24.3 Å². The van der Waals surface area contributed by atoms with Crippen molar-refractivity contribution in [3.63, 3.8) is 0 Å². The number of nitrogens with one attached hydrogen (secondary N) is 1. The lowest BCUT2D eigenvalue weighted by Gasteiger charge is -2.19. The number of amides is 1. The molecule has 1 atom stereocenters. The van der Waals surface area contributed by atoms with Gasteiger partial charge >= 0.3 is 11.7 Å². The SMILES string of the molecule is C[C@H](OC(=O)Cn1nc(-c2ccccc2)oc1=O)C(=O)NC1CCCCCC1. The van der Waals surface area contributed by atoms with Gasteiger partial charge in [0.15, 0.2) is 6.10 Å². The topological polar surface area (TPSA) is 103 Å². The van der Waals surface area contributed by atoms with Crippen molar-refractivity contribution in [3.05, 3.63) is 40.9 Å². The highest BCUT2D eigenvalue weighted by Gasteiger charge is 2.23. The molecule has 1 aliphatic rings.